The maximum atomic E-state index is 12.1. The van der Waals surface area contributed by atoms with E-state index in [1.165, 1.54) is 6.20 Å². The molecule has 0 aliphatic rings. The summed E-state index contributed by atoms with van der Waals surface area (Å²) in [5.74, 6) is 0.544. The molecule has 0 saturated carbocycles. The zero-order valence-corrected chi connectivity index (χ0v) is 12.0. The van der Waals surface area contributed by atoms with Gasteiger partial charge in [-0.05, 0) is 25.1 Å². The quantitative estimate of drug-likeness (QED) is 0.880. The zero-order valence-electron chi connectivity index (χ0n) is 11.3. The van der Waals surface area contributed by atoms with Crippen molar-refractivity contribution in [1.82, 2.24) is 10.3 Å². The average molecular weight is 291 g/mol. The molecule has 2 aromatic rings. The number of pyridine rings is 1. The lowest BCUT2D eigenvalue weighted by molar-refractivity contribution is 0.0939. The van der Waals surface area contributed by atoms with E-state index in [-0.39, 0.29) is 11.9 Å². The van der Waals surface area contributed by atoms with Gasteiger partial charge in [0.1, 0.15) is 10.9 Å². The molecule has 0 aliphatic heterocycles. The molecule has 0 aliphatic carbocycles. The number of hydrogen-bond acceptors (Lipinski definition) is 3. The summed E-state index contributed by atoms with van der Waals surface area (Å²) >= 11 is 5.70. The minimum absolute atomic E-state index is 0.172. The fourth-order valence-electron chi connectivity index (χ4n) is 1.89. The number of hydrogen-bond donors (Lipinski definition) is 1. The van der Waals surface area contributed by atoms with Crippen molar-refractivity contribution in [2.45, 2.75) is 13.0 Å². The van der Waals surface area contributed by atoms with Gasteiger partial charge in [0, 0.05) is 11.8 Å². The van der Waals surface area contributed by atoms with Gasteiger partial charge < -0.3 is 10.1 Å². The molecule has 4 nitrogen and oxygen atoms in total. The number of halogens is 1. The molecule has 0 bridgehead atoms. The van der Waals surface area contributed by atoms with Crippen molar-refractivity contribution in [3.8, 4) is 5.75 Å². The van der Waals surface area contributed by atoms with E-state index in [9.17, 15) is 4.79 Å². The molecule has 20 heavy (non-hydrogen) atoms. The van der Waals surface area contributed by atoms with Crippen LogP contribution in [0.25, 0.3) is 0 Å². The molecule has 1 aromatic carbocycles. The third kappa shape index (κ3) is 3.27. The van der Waals surface area contributed by atoms with E-state index in [0.717, 1.165) is 11.3 Å². The number of benzene rings is 1. The standard InChI is InChI=1S/C15H15ClN2O2/c1-10(12-5-3-4-6-13(12)20-2)18-15(19)11-7-8-14(16)17-9-11/h3-10H,1-2H3,(H,18,19)/t10-/m0/s1. The largest absolute Gasteiger partial charge is 0.496 e. The van der Waals surface area contributed by atoms with Crippen LogP contribution in [0.3, 0.4) is 0 Å². The normalized spacial score (nSPS) is 11.8. The summed E-state index contributed by atoms with van der Waals surface area (Å²) in [6.07, 6.45) is 1.45. The molecule has 5 heteroatoms. The van der Waals surface area contributed by atoms with E-state index >= 15 is 0 Å². The molecule has 0 saturated heterocycles. The van der Waals surface area contributed by atoms with Crippen molar-refractivity contribution in [3.63, 3.8) is 0 Å². The Morgan fingerprint density at radius 3 is 2.70 bits per heavy atom. The molecule has 0 unspecified atom stereocenters. The SMILES string of the molecule is COc1ccccc1[C@H](C)NC(=O)c1ccc(Cl)nc1. The highest BCUT2D eigenvalue weighted by molar-refractivity contribution is 6.29. The second-order valence-corrected chi connectivity index (χ2v) is 4.69. The first kappa shape index (κ1) is 14.3. The van der Waals surface area contributed by atoms with Crippen molar-refractivity contribution in [3.05, 3.63) is 58.9 Å². The molecule has 1 aromatic heterocycles. The minimum Gasteiger partial charge on any atom is -0.496 e. The van der Waals surface area contributed by atoms with Gasteiger partial charge in [0.05, 0.1) is 18.7 Å². The van der Waals surface area contributed by atoms with E-state index in [4.69, 9.17) is 16.3 Å². The maximum absolute atomic E-state index is 12.1. The van der Waals surface area contributed by atoms with Gasteiger partial charge in [-0.2, -0.15) is 0 Å². The van der Waals surface area contributed by atoms with E-state index in [1.54, 1.807) is 19.2 Å². The number of para-hydroxylation sites is 1. The summed E-state index contributed by atoms with van der Waals surface area (Å²) < 4.78 is 5.29. The Morgan fingerprint density at radius 1 is 1.30 bits per heavy atom. The van der Waals surface area contributed by atoms with Crippen LogP contribution in [0.5, 0.6) is 5.75 Å². The Balaban J connectivity index is 2.13. The lowest BCUT2D eigenvalue weighted by Crippen LogP contribution is -2.27. The van der Waals surface area contributed by atoms with Crippen LogP contribution in [-0.4, -0.2) is 18.0 Å². The van der Waals surface area contributed by atoms with Crippen LogP contribution in [0.4, 0.5) is 0 Å². The minimum atomic E-state index is -0.201. The molecule has 1 heterocycles. The fourth-order valence-corrected chi connectivity index (χ4v) is 2.00. The highest BCUT2D eigenvalue weighted by Crippen LogP contribution is 2.24. The fraction of sp³-hybridized carbons (Fsp3) is 0.200. The molecular weight excluding hydrogens is 276 g/mol. The predicted octanol–water partition coefficient (Wildman–Crippen LogP) is 3.23. The number of carbonyl (C=O) groups is 1. The van der Waals surface area contributed by atoms with Gasteiger partial charge in [-0.15, -0.1) is 0 Å². The summed E-state index contributed by atoms with van der Waals surface area (Å²) in [5.41, 5.74) is 1.39. The number of nitrogens with one attached hydrogen (secondary N) is 1. The molecular formula is C15H15ClN2O2. The number of aromatic nitrogens is 1. The summed E-state index contributed by atoms with van der Waals surface area (Å²) in [4.78, 5) is 16.0. The smallest absolute Gasteiger partial charge is 0.253 e. The topological polar surface area (TPSA) is 51.2 Å². The van der Waals surface area contributed by atoms with Crippen LogP contribution in [-0.2, 0) is 0 Å². The van der Waals surface area contributed by atoms with Crippen molar-refractivity contribution >= 4 is 17.5 Å². The van der Waals surface area contributed by atoms with E-state index in [2.05, 4.69) is 10.3 Å². The average Bonchev–Trinajstić information content (AvgIpc) is 2.47. The lowest BCUT2D eigenvalue weighted by Gasteiger charge is -2.17. The lowest BCUT2D eigenvalue weighted by atomic mass is 10.1. The van der Waals surface area contributed by atoms with E-state index < -0.39 is 0 Å². The second-order valence-electron chi connectivity index (χ2n) is 4.31. The first-order chi connectivity index (χ1) is 9.61. The third-order valence-electron chi connectivity index (χ3n) is 2.94. The first-order valence-corrected chi connectivity index (χ1v) is 6.55. The third-order valence-corrected chi connectivity index (χ3v) is 3.17. The summed E-state index contributed by atoms with van der Waals surface area (Å²) in [5, 5.41) is 3.27. The number of carbonyl (C=O) groups excluding carboxylic acids is 1. The van der Waals surface area contributed by atoms with Gasteiger partial charge >= 0.3 is 0 Å². The van der Waals surface area contributed by atoms with Crippen molar-refractivity contribution in [1.29, 1.82) is 0 Å². The molecule has 1 atom stereocenters. The van der Waals surface area contributed by atoms with Gasteiger partial charge in [-0.3, -0.25) is 4.79 Å². The van der Waals surface area contributed by atoms with Crippen molar-refractivity contribution in [2.24, 2.45) is 0 Å². The maximum Gasteiger partial charge on any atom is 0.253 e. The van der Waals surface area contributed by atoms with Crippen LogP contribution >= 0.6 is 11.6 Å². The van der Waals surface area contributed by atoms with Crippen molar-refractivity contribution in [2.75, 3.05) is 7.11 Å². The zero-order chi connectivity index (χ0) is 14.5. The van der Waals surface area contributed by atoms with E-state index in [1.807, 2.05) is 31.2 Å². The molecule has 0 fully saturated rings. The Morgan fingerprint density at radius 2 is 2.05 bits per heavy atom. The molecule has 1 amide bonds. The highest BCUT2D eigenvalue weighted by atomic mass is 35.5. The second kappa shape index (κ2) is 6.39. The first-order valence-electron chi connectivity index (χ1n) is 6.17. The van der Waals surface area contributed by atoms with Crippen LogP contribution in [0.15, 0.2) is 42.6 Å². The molecule has 2 rings (SSSR count). The highest BCUT2D eigenvalue weighted by Gasteiger charge is 2.14. The van der Waals surface area contributed by atoms with Gasteiger partial charge in [-0.25, -0.2) is 4.98 Å². The monoisotopic (exact) mass is 290 g/mol. The summed E-state index contributed by atoms with van der Waals surface area (Å²) in [6, 6.07) is 10.6. The van der Waals surface area contributed by atoms with Crippen LogP contribution in [0, 0.1) is 0 Å². The van der Waals surface area contributed by atoms with Gasteiger partial charge in [0.25, 0.3) is 5.91 Å². The number of nitrogens with zero attached hydrogens (tertiary/aromatic N) is 1. The molecule has 104 valence electrons. The predicted molar refractivity (Wildman–Crippen MR) is 78.1 cm³/mol. The number of methoxy groups -OCH3 is 1. The molecule has 0 spiro atoms. The summed E-state index contributed by atoms with van der Waals surface area (Å²) in [6.45, 7) is 1.90. The van der Waals surface area contributed by atoms with Gasteiger partial charge in [0.15, 0.2) is 0 Å². The van der Waals surface area contributed by atoms with Gasteiger partial charge in [-0.1, -0.05) is 29.8 Å². The number of rotatable bonds is 4. The van der Waals surface area contributed by atoms with Crippen LogP contribution in [0.1, 0.15) is 28.9 Å². The van der Waals surface area contributed by atoms with Gasteiger partial charge in [0.2, 0.25) is 0 Å². The van der Waals surface area contributed by atoms with Crippen LogP contribution < -0.4 is 10.1 Å². The summed E-state index contributed by atoms with van der Waals surface area (Å²) in [7, 11) is 1.61. The van der Waals surface area contributed by atoms with Crippen LogP contribution in [0.2, 0.25) is 5.15 Å². The Bertz CT molecular complexity index is 599. The van der Waals surface area contributed by atoms with Crippen molar-refractivity contribution < 1.29 is 9.53 Å². The Kier molecular flexibility index (Phi) is 4.58. The Labute approximate surface area is 122 Å². The van der Waals surface area contributed by atoms with E-state index in [0.29, 0.717) is 10.7 Å². The number of amides is 1. The Hall–Kier alpha value is -2.07. The molecule has 0 radical (unpaired) electrons. The number of ether oxygens (including phenoxy) is 1. The molecule has 1 N–H and O–H groups in total.